The molecule has 0 aliphatic rings. The van der Waals surface area contributed by atoms with E-state index in [9.17, 15) is 4.79 Å². The Morgan fingerprint density at radius 1 is 0.909 bits per heavy atom. The molecule has 6 heteroatoms. The van der Waals surface area contributed by atoms with Crippen LogP contribution >= 0.6 is 11.3 Å². The SMILES string of the molecule is CCCCCOc1cccc(C(=O)Nc2nc(-c3ccc(Oc4ccccc4)cc3)cs2)c1. The second-order valence-corrected chi connectivity index (χ2v) is 8.37. The summed E-state index contributed by atoms with van der Waals surface area (Å²) in [6, 6.07) is 24.6. The van der Waals surface area contributed by atoms with E-state index < -0.39 is 0 Å². The first kappa shape index (κ1) is 22.6. The Morgan fingerprint density at radius 2 is 1.67 bits per heavy atom. The number of rotatable bonds is 10. The van der Waals surface area contributed by atoms with Crippen LogP contribution in [0.2, 0.25) is 0 Å². The van der Waals surface area contributed by atoms with Gasteiger partial charge in [-0.1, -0.05) is 44.0 Å². The fraction of sp³-hybridized carbons (Fsp3) is 0.185. The average molecular weight is 459 g/mol. The van der Waals surface area contributed by atoms with Gasteiger partial charge in [-0.3, -0.25) is 10.1 Å². The van der Waals surface area contributed by atoms with Gasteiger partial charge in [0.05, 0.1) is 12.3 Å². The summed E-state index contributed by atoms with van der Waals surface area (Å²) in [6.45, 7) is 2.81. The molecule has 1 N–H and O–H groups in total. The van der Waals surface area contributed by atoms with Gasteiger partial charge >= 0.3 is 0 Å². The van der Waals surface area contributed by atoms with Crippen molar-refractivity contribution in [3.63, 3.8) is 0 Å². The number of anilines is 1. The van der Waals surface area contributed by atoms with Crippen molar-refractivity contribution in [1.82, 2.24) is 4.98 Å². The van der Waals surface area contributed by atoms with Gasteiger partial charge in [0.2, 0.25) is 0 Å². The average Bonchev–Trinajstić information content (AvgIpc) is 3.31. The molecule has 1 aromatic heterocycles. The van der Waals surface area contributed by atoms with E-state index in [0.717, 1.165) is 42.0 Å². The molecule has 1 amide bonds. The predicted molar refractivity (Wildman–Crippen MR) is 133 cm³/mol. The molecule has 0 saturated carbocycles. The van der Waals surface area contributed by atoms with Crippen molar-refractivity contribution in [3.05, 3.63) is 89.8 Å². The van der Waals surface area contributed by atoms with Gasteiger partial charge in [-0.15, -0.1) is 11.3 Å². The van der Waals surface area contributed by atoms with E-state index >= 15 is 0 Å². The lowest BCUT2D eigenvalue weighted by Crippen LogP contribution is -2.11. The number of nitrogens with zero attached hydrogens (tertiary/aromatic N) is 1. The fourth-order valence-electron chi connectivity index (χ4n) is 3.22. The van der Waals surface area contributed by atoms with E-state index in [4.69, 9.17) is 9.47 Å². The first-order chi connectivity index (χ1) is 16.2. The molecule has 0 radical (unpaired) electrons. The van der Waals surface area contributed by atoms with Crippen molar-refractivity contribution in [3.8, 4) is 28.5 Å². The van der Waals surface area contributed by atoms with E-state index in [2.05, 4.69) is 17.2 Å². The molecule has 0 aliphatic carbocycles. The number of thiazole rings is 1. The highest BCUT2D eigenvalue weighted by atomic mass is 32.1. The van der Waals surface area contributed by atoms with Crippen molar-refractivity contribution in [2.45, 2.75) is 26.2 Å². The Labute approximate surface area is 198 Å². The highest BCUT2D eigenvalue weighted by molar-refractivity contribution is 7.14. The molecule has 5 nitrogen and oxygen atoms in total. The second kappa shape index (κ2) is 11.3. The number of hydrogen-bond donors (Lipinski definition) is 1. The topological polar surface area (TPSA) is 60.5 Å². The Hall–Kier alpha value is -3.64. The third kappa shape index (κ3) is 6.43. The zero-order valence-electron chi connectivity index (χ0n) is 18.5. The third-order valence-corrected chi connectivity index (χ3v) is 5.72. The van der Waals surface area contributed by atoms with Gasteiger partial charge in [-0.2, -0.15) is 0 Å². The maximum Gasteiger partial charge on any atom is 0.257 e. The van der Waals surface area contributed by atoms with E-state index in [1.807, 2.05) is 72.1 Å². The molecule has 0 saturated heterocycles. The zero-order valence-corrected chi connectivity index (χ0v) is 19.3. The van der Waals surface area contributed by atoms with Gasteiger partial charge in [0.25, 0.3) is 5.91 Å². The third-order valence-electron chi connectivity index (χ3n) is 4.97. The number of carbonyl (C=O) groups excluding carboxylic acids is 1. The lowest BCUT2D eigenvalue weighted by molar-refractivity contribution is 0.102. The molecule has 0 atom stereocenters. The Balaban J connectivity index is 1.36. The van der Waals surface area contributed by atoms with Crippen molar-refractivity contribution in [1.29, 1.82) is 0 Å². The quantitative estimate of drug-likeness (QED) is 0.251. The fourth-order valence-corrected chi connectivity index (χ4v) is 3.94. The number of carbonyl (C=O) groups is 1. The van der Waals surface area contributed by atoms with Crippen LogP contribution in [0, 0.1) is 0 Å². The molecule has 0 bridgehead atoms. The number of benzene rings is 3. The lowest BCUT2D eigenvalue weighted by Gasteiger charge is -2.07. The smallest absolute Gasteiger partial charge is 0.257 e. The summed E-state index contributed by atoms with van der Waals surface area (Å²) < 4.78 is 11.6. The van der Waals surface area contributed by atoms with Crippen LogP contribution in [0.15, 0.2) is 84.2 Å². The number of para-hydroxylation sites is 1. The Bertz CT molecular complexity index is 1170. The first-order valence-electron chi connectivity index (χ1n) is 11.0. The summed E-state index contributed by atoms with van der Waals surface area (Å²) in [5, 5.41) is 5.36. The Kier molecular flexibility index (Phi) is 7.72. The summed E-state index contributed by atoms with van der Waals surface area (Å²) in [4.78, 5) is 17.3. The highest BCUT2D eigenvalue weighted by Crippen LogP contribution is 2.28. The van der Waals surface area contributed by atoms with E-state index in [-0.39, 0.29) is 5.91 Å². The van der Waals surface area contributed by atoms with Gasteiger partial charge in [-0.25, -0.2) is 4.98 Å². The zero-order chi connectivity index (χ0) is 22.9. The summed E-state index contributed by atoms with van der Waals surface area (Å²) in [7, 11) is 0. The minimum absolute atomic E-state index is 0.207. The van der Waals surface area contributed by atoms with Gasteiger partial charge < -0.3 is 9.47 Å². The molecule has 168 valence electrons. The number of amides is 1. The molecule has 3 aromatic carbocycles. The molecule has 4 rings (SSSR count). The van der Waals surface area contributed by atoms with Crippen LogP contribution in [0.3, 0.4) is 0 Å². The van der Waals surface area contributed by atoms with Crippen LogP contribution in [0.4, 0.5) is 5.13 Å². The molecule has 33 heavy (non-hydrogen) atoms. The molecular weight excluding hydrogens is 432 g/mol. The summed E-state index contributed by atoms with van der Waals surface area (Å²) in [6.07, 6.45) is 3.29. The first-order valence-corrected chi connectivity index (χ1v) is 11.9. The van der Waals surface area contributed by atoms with Crippen LogP contribution in [0.1, 0.15) is 36.5 Å². The monoisotopic (exact) mass is 458 g/mol. The molecular formula is C27H26N2O3S. The van der Waals surface area contributed by atoms with E-state index in [1.165, 1.54) is 11.3 Å². The van der Waals surface area contributed by atoms with Crippen LogP contribution in [-0.2, 0) is 0 Å². The summed E-state index contributed by atoms with van der Waals surface area (Å²) in [5.74, 6) is 2.04. The molecule has 0 unspecified atom stereocenters. The highest BCUT2D eigenvalue weighted by Gasteiger charge is 2.11. The van der Waals surface area contributed by atoms with Crippen molar-refractivity contribution in [2.75, 3.05) is 11.9 Å². The molecule has 4 aromatic rings. The van der Waals surface area contributed by atoms with Gasteiger partial charge in [0.1, 0.15) is 17.2 Å². The van der Waals surface area contributed by atoms with E-state index in [1.54, 1.807) is 12.1 Å². The van der Waals surface area contributed by atoms with Gasteiger partial charge in [0.15, 0.2) is 5.13 Å². The number of unbranched alkanes of at least 4 members (excludes halogenated alkanes) is 2. The lowest BCUT2D eigenvalue weighted by atomic mass is 10.2. The van der Waals surface area contributed by atoms with Crippen LogP contribution in [-0.4, -0.2) is 17.5 Å². The van der Waals surface area contributed by atoms with Crippen LogP contribution in [0.25, 0.3) is 11.3 Å². The predicted octanol–water partition coefficient (Wildman–Crippen LogP) is 7.42. The molecule has 0 aliphatic heterocycles. The van der Waals surface area contributed by atoms with Gasteiger partial charge in [-0.05, 0) is 61.0 Å². The van der Waals surface area contributed by atoms with Crippen molar-refractivity contribution in [2.24, 2.45) is 0 Å². The molecule has 0 spiro atoms. The number of nitrogens with one attached hydrogen (secondary N) is 1. The minimum atomic E-state index is -0.207. The van der Waals surface area contributed by atoms with E-state index in [0.29, 0.717) is 23.1 Å². The largest absolute Gasteiger partial charge is 0.494 e. The van der Waals surface area contributed by atoms with Crippen LogP contribution < -0.4 is 14.8 Å². The van der Waals surface area contributed by atoms with Crippen molar-refractivity contribution < 1.29 is 14.3 Å². The normalized spacial score (nSPS) is 10.6. The number of aromatic nitrogens is 1. The molecule has 0 fully saturated rings. The van der Waals surface area contributed by atoms with Crippen LogP contribution in [0.5, 0.6) is 17.2 Å². The van der Waals surface area contributed by atoms with Crippen molar-refractivity contribution >= 4 is 22.4 Å². The summed E-state index contributed by atoms with van der Waals surface area (Å²) >= 11 is 1.39. The number of hydrogen-bond acceptors (Lipinski definition) is 5. The summed E-state index contributed by atoms with van der Waals surface area (Å²) in [5.41, 5.74) is 2.30. The Morgan fingerprint density at radius 3 is 2.45 bits per heavy atom. The molecule has 1 heterocycles. The van der Waals surface area contributed by atoms with Gasteiger partial charge in [0, 0.05) is 16.5 Å². The second-order valence-electron chi connectivity index (χ2n) is 7.51. The maximum atomic E-state index is 12.7. The maximum absolute atomic E-state index is 12.7. The standard InChI is InChI=1S/C27H26N2O3S/c1-2-3-7-17-31-24-12-8-9-21(18-24)26(30)29-27-28-25(19-33-27)20-13-15-23(16-14-20)32-22-10-5-4-6-11-22/h4-6,8-16,18-19H,2-3,7,17H2,1H3,(H,28,29,30). The number of ether oxygens (including phenoxy) is 2. The minimum Gasteiger partial charge on any atom is -0.494 e.